The number of imide groups is 1. The van der Waals surface area contributed by atoms with E-state index in [9.17, 15) is 19.2 Å². The third kappa shape index (κ3) is 13.3. The molecule has 5 heteroatoms. The van der Waals surface area contributed by atoms with Crippen molar-refractivity contribution in [2.75, 3.05) is 0 Å². The number of amides is 2. The molecule has 0 spiro atoms. The number of hydrogen-bond donors (Lipinski definition) is 0. The summed E-state index contributed by atoms with van der Waals surface area (Å²) in [7, 11) is 0. The van der Waals surface area contributed by atoms with E-state index in [0.29, 0.717) is 12.2 Å². The van der Waals surface area contributed by atoms with E-state index in [1.807, 2.05) is 48.5 Å². The monoisotopic (exact) mass is 369 g/mol. The van der Waals surface area contributed by atoms with E-state index in [0.717, 1.165) is 0 Å². The molecule has 1 rings (SSSR count). The molecule has 5 nitrogen and oxygen atoms in total. The van der Waals surface area contributed by atoms with Gasteiger partial charge in [-0.05, 0) is 19.9 Å². The van der Waals surface area contributed by atoms with Crippen LogP contribution < -0.4 is 0 Å². The standard InChI is InChI=1S/C7H9NO2.C6H12O.C6H10O.2CH4/c1-5(2)8-6(9)3-4-7(8)10;2*1-4-6(7)5(2)3;;/h3-5H,1-2H3;5H,4H2,1-3H3;4-5H,1H2,2-3H3;2*1H4. The maximum atomic E-state index is 10.8. The predicted octanol–water partition coefficient (Wildman–Crippen LogP) is 4.61. The number of rotatable bonds is 5. The molecule has 1 aliphatic heterocycles. The maximum absolute atomic E-state index is 10.8. The molecular weight excluding hydrogens is 330 g/mol. The molecule has 0 aliphatic carbocycles. The average Bonchev–Trinajstić information content (AvgIpc) is 2.85. The lowest BCUT2D eigenvalue weighted by Crippen LogP contribution is -2.36. The number of nitrogens with zero attached hydrogens (tertiary/aromatic N) is 1. The smallest absolute Gasteiger partial charge is 0.253 e. The highest BCUT2D eigenvalue weighted by Crippen LogP contribution is 2.07. The fourth-order valence-electron chi connectivity index (χ4n) is 1.56. The van der Waals surface area contributed by atoms with E-state index in [-0.39, 0.29) is 50.3 Å². The van der Waals surface area contributed by atoms with Crippen LogP contribution in [0, 0.1) is 11.8 Å². The molecule has 0 aromatic heterocycles. The summed E-state index contributed by atoms with van der Waals surface area (Å²) in [6.45, 7) is 16.4. The third-order valence-electron chi connectivity index (χ3n) is 3.12. The number of Topliss-reactive ketones (excluding diaryl/α,β-unsaturated/α-hetero) is 1. The van der Waals surface area contributed by atoms with Crippen molar-refractivity contribution in [1.82, 2.24) is 4.90 Å². The number of allylic oxidation sites excluding steroid dienone is 1. The van der Waals surface area contributed by atoms with Crippen LogP contribution in [0.3, 0.4) is 0 Å². The van der Waals surface area contributed by atoms with Gasteiger partial charge in [0.15, 0.2) is 5.78 Å². The van der Waals surface area contributed by atoms with Gasteiger partial charge in [-0.1, -0.05) is 56.1 Å². The molecule has 0 saturated carbocycles. The first kappa shape index (κ1) is 31.7. The molecule has 1 aliphatic rings. The summed E-state index contributed by atoms with van der Waals surface area (Å²) in [5.41, 5.74) is 0. The van der Waals surface area contributed by atoms with E-state index in [1.165, 1.54) is 23.1 Å². The van der Waals surface area contributed by atoms with E-state index in [2.05, 4.69) is 6.58 Å². The Balaban J connectivity index is -0.000000138. The van der Waals surface area contributed by atoms with Crippen molar-refractivity contribution < 1.29 is 19.2 Å². The zero-order valence-corrected chi connectivity index (χ0v) is 16.0. The molecule has 0 fully saturated rings. The second-order valence-electron chi connectivity index (χ2n) is 6.21. The minimum atomic E-state index is -0.208. The van der Waals surface area contributed by atoms with Crippen molar-refractivity contribution in [1.29, 1.82) is 0 Å². The Kier molecular flexibility index (Phi) is 20.0. The number of hydrogen-bond acceptors (Lipinski definition) is 4. The van der Waals surface area contributed by atoms with Gasteiger partial charge in [-0.2, -0.15) is 0 Å². The second kappa shape index (κ2) is 16.4. The minimum absolute atomic E-state index is 0. The van der Waals surface area contributed by atoms with Gasteiger partial charge in [-0.25, -0.2) is 0 Å². The second-order valence-corrected chi connectivity index (χ2v) is 6.21. The lowest BCUT2D eigenvalue weighted by atomic mass is 10.1. The van der Waals surface area contributed by atoms with E-state index < -0.39 is 0 Å². The Morgan fingerprint density at radius 2 is 1.35 bits per heavy atom. The van der Waals surface area contributed by atoms with Crippen LogP contribution in [0.25, 0.3) is 0 Å². The van der Waals surface area contributed by atoms with Gasteiger partial charge in [-0.15, -0.1) is 0 Å². The van der Waals surface area contributed by atoms with Crippen LogP contribution >= 0.6 is 0 Å². The Bertz CT molecular complexity index is 470. The van der Waals surface area contributed by atoms with Crippen LogP contribution in [0.1, 0.15) is 69.7 Å². The summed E-state index contributed by atoms with van der Waals surface area (Å²) in [6, 6.07) is -0.0324. The third-order valence-corrected chi connectivity index (χ3v) is 3.12. The van der Waals surface area contributed by atoms with Gasteiger partial charge in [0.05, 0.1) is 0 Å². The summed E-state index contributed by atoms with van der Waals surface area (Å²) >= 11 is 0. The number of carbonyl (C=O) groups excluding carboxylic acids is 4. The van der Waals surface area contributed by atoms with Crippen LogP contribution in [-0.4, -0.2) is 34.3 Å². The molecule has 0 radical (unpaired) electrons. The van der Waals surface area contributed by atoms with Gasteiger partial charge in [0.2, 0.25) is 0 Å². The van der Waals surface area contributed by atoms with Crippen molar-refractivity contribution in [3.8, 4) is 0 Å². The SMILES string of the molecule is C.C.C=CC(=O)C(C)C.CC(C)N1C(=O)C=CC1=O.CCC(=O)C(C)C. The van der Waals surface area contributed by atoms with Crippen LogP contribution in [-0.2, 0) is 19.2 Å². The zero-order chi connectivity index (χ0) is 19.4. The highest BCUT2D eigenvalue weighted by Gasteiger charge is 2.25. The Morgan fingerprint density at radius 3 is 1.42 bits per heavy atom. The van der Waals surface area contributed by atoms with Gasteiger partial charge in [0.25, 0.3) is 11.8 Å². The first-order valence-electron chi connectivity index (χ1n) is 8.23. The minimum Gasteiger partial charge on any atom is -0.299 e. The summed E-state index contributed by atoms with van der Waals surface area (Å²) in [6.07, 6.45) is 4.62. The molecule has 1 heterocycles. The van der Waals surface area contributed by atoms with Gasteiger partial charge in [-0.3, -0.25) is 24.1 Å². The van der Waals surface area contributed by atoms with Crippen LogP contribution in [0.5, 0.6) is 0 Å². The van der Waals surface area contributed by atoms with Gasteiger partial charge in [0, 0.05) is 36.5 Å². The van der Waals surface area contributed by atoms with Crippen molar-refractivity contribution in [3.63, 3.8) is 0 Å². The lowest BCUT2D eigenvalue weighted by Gasteiger charge is -2.17. The summed E-state index contributed by atoms with van der Waals surface area (Å²) in [5, 5.41) is 0. The van der Waals surface area contributed by atoms with Gasteiger partial charge < -0.3 is 0 Å². The van der Waals surface area contributed by atoms with Crippen molar-refractivity contribution in [2.45, 2.75) is 75.8 Å². The topological polar surface area (TPSA) is 71.5 Å². The van der Waals surface area contributed by atoms with Gasteiger partial charge >= 0.3 is 0 Å². The highest BCUT2D eigenvalue weighted by molar-refractivity contribution is 6.13. The van der Waals surface area contributed by atoms with Crippen LogP contribution in [0.15, 0.2) is 24.8 Å². The molecule has 0 aromatic rings. The molecular formula is C21H39NO4. The Hall–Kier alpha value is -2.04. The summed E-state index contributed by atoms with van der Waals surface area (Å²) in [4.78, 5) is 43.8. The quantitative estimate of drug-likeness (QED) is 0.524. The lowest BCUT2D eigenvalue weighted by molar-refractivity contribution is -0.138. The molecule has 0 saturated heterocycles. The fourth-order valence-corrected chi connectivity index (χ4v) is 1.56. The van der Waals surface area contributed by atoms with E-state index in [4.69, 9.17) is 0 Å². The van der Waals surface area contributed by atoms with Crippen LogP contribution in [0.2, 0.25) is 0 Å². The zero-order valence-electron chi connectivity index (χ0n) is 16.0. The van der Waals surface area contributed by atoms with Crippen molar-refractivity contribution in [3.05, 3.63) is 24.8 Å². The molecule has 0 aromatic carbocycles. The summed E-state index contributed by atoms with van der Waals surface area (Å²) in [5.74, 6) is 0.377. The molecule has 0 unspecified atom stereocenters. The molecule has 152 valence electrons. The Morgan fingerprint density at radius 1 is 0.962 bits per heavy atom. The first-order valence-corrected chi connectivity index (χ1v) is 8.23. The van der Waals surface area contributed by atoms with Crippen molar-refractivity contribution >= 4 is 23.4 Å². The predicted molar refractivity (Wildman–Crippen MR) is 110 cm³/mol. The van der Waals surface area contributed by atoms with Crippen LogP contribution in [0.4, 0.5) is 0 Å². The summed E-state index contributed by atoms with van der Waals surface area (Å²) < 4.78 is 0. The average molecular weight is 370 g/mol. The molecule has 0 N–H and O–H groups in total. The van der Waals surface area contributed by atoms with Gasteiger partial charge in [0.1, 0.15) is 5.78 Å². The largest absolute Gasteiger partial charge is 0.299 e. The maximum Gasteiger partial charge on any atom is 0.253 e. The first-order chi connectivity index (χ1) is 11.0. The van der Waals surface area contributed by atoms with Crippen molar-refractivity contribution in [2.24, 2.45) is 11.8 Å². The normalized spacial score (nSPS) is 11.8. The Labute approximate surface area is 160 Å². The van der Waals surface area contributed by atoms with E-state index >= 15 is 0 Å². The highest BCUT2D eigenvalue weighted by atomic mass is 16.2. The molecule has 0 atom stereocenters. The molecule has 26 heavy (non-hydrogen) atoms. The fraction of sp³-hybridized carbons (Fsp3) is 0.619. The number of ketones is 2. The number of carbonyl (C=O) groups is 4. The molecule has 2 amide bonds. The molecule has 0 bridgehead atoms. The van der Waals surface area contributed by atoms with E-state index in [1.54, 1.807) is 0 Å².